The summed E-state index contributed by atoms with van der Waals surface area (Å²) >= 11 is 0. The normalized spacial score (nSPS) is 12.3. The number of rotatable bonds is 4. The van der Waals surface area contributed by atoms with Crippen molar-refractivity contribution in [3.8, 4) is 11.4 Å². The first kappa shape index (κ1) is 12.1. The summed E-state index contributed by atoms with van der Waals surface area (Å²) in [5.74, 6) is 0.104. The first-order valence-electron chi connectivity index (χ1n) is 5.07. The van der Waals surface area contributed by atoms with Gasteiger partial charge in [-0.1, -0.05) is 17.3 Å². The van der Waals surface area contributed by atoms with Crippen molar-refractivity contribution in [3.05, 3.63) is 40.3 Å². The van der Waals surface area contributed by atoms with Crippen LogP contribution in [-0.4, -0.2) is 26.8 Å². The van der Waals surface area contributed by atoms with Crippen molar-refractivity contribution in [1.82, 2.24) is 10.1 Å². The molecule has 2 rings (SSSR count). The average molecular weight is 250 g/mol. The van der Waals surface area contributed by atoms with E-state index in [-0.39, 0.29) is 29.6 Å². The second-order valence-electron chi connectivity index (χ2n) is 3.52. The fraction of sp³-hybridized carbons (Fsp3) is 0.200. The number of nitro benzene ring substituents is 1. The van der Waals surface area contributed by atoms with Crippen molar-refractivity contribution in [2.24, 2.45) is 5.73 Å². The minimum absolute atomic E-state index is 0.0330. The number of aliphatic hydroxyl groups excluding tert-OH is 1. The maximum Gasteiger partial charge on any atom is 0.280 e. The van der Waals surface area contributed by atoms with Crippen LogP contribution in [0.5, 0.6) is 0 Å². The van der Waals surface area contributed by atoms with E-state index in [0.29, 0.717) is 0 Å². The fourth-order valence-corrected chi connectivity index (χ4v) is 1.40. The largest absolute Gasteiger partial charge is 0.394 e. The minimum Gasteiger partial charge on any atom is -0.394 e. The van der Waals surface area contributed by atoms with E-state index in [1.54, 1.807) is 12.1 Å². The van der Waals surface area contributed by atoms with Gasteiger partial charge in [-0.05, 0) is 6.07 Å². The Hall–Kier alpha value is -2.32. The second-order valence-corrected chi connectivity index (χ2v) is 3.52. The van der Waals surface area contributed by atoms with Crippen LogP contribution in [0.4, 0.5) is 5.69 Å². The molecule has 0 radical (unpaired) electrons. The van der Waals surface area contributed by atoms with Gasteiger partial charge < -0.3 is 15.4 Å². The first-order chi connectivity index (χ1) is 8.63. The molecule has 0 aliphatic rings. The van der Waals surface area contributed by atoms with E-state index >= 15 is 0 Å². The summed E-state index contributed by atoms with van der Waals surface area (Å²) in [6, 6.07) is 5.23. The fourth-order valence-electron chi connectivity index (χ4n) is 1.40. The molecular formula is C10H10N4O4. The first-order valence-corrected chi connectivity index (χ1v) is 5.07. The molecule has 0 fully saturated rings. The van der Waals surface area contributed by atoms with Crippen LogP contribution in [0, 0.1) is 10.1 Å². The average Bonchev–Trinajstić information content (AvgIpc) is 2.87. The molecule has 0 aliphatic carbocycles. The summed E-state index contributed by atoms with van der Waals surface area (Å²) in [5, 5.41) is 23.3. The van der Waals surface area contributed by atoms with E-state index in [2.05, 4.69) is 10.1 Å². The number of hydrogen-bond donors (Lipinski definition) is 2. The summed E-state index contributed by atoms with van der Waals surface area (Å²) in [5.41, 5.74) is 5.62. The second kappa shape index (κ2) is 4.90. The zero-order chi connectivity index (χ0) is 13.1. The van der Waals surface area contributed by atoms with Crippen molar-refractivity contribution in [1.29, 1.82) is 0 Å². The van der Waals surface area contributed by atoms with Crippen molar-refractivity contribution in [3.63, 3.8) is 0 Å². The Morgan fingerprint density at radius 2 is 2.22 bits per heavy atom. The third kappa shape index (κ3) is 2.19. The highest BCUT2D eigenvalue weighted by atomic mass is 16.6. The third-order valence-corrected chi connectivity index (χ3v) is 2.30. The molecule has 1 aromatic carbocycles. The van der Waals surface area contributed by atoms with Gasteiger partial charge in [0.2, 0.25) is 11.7 Å². The number of nitro groups is 1. The summed E-state index contributed by atoms with van der Waals surface area (Å²) < 4.78 is 4.84. The van der Waals surface area contributed by atoms with E-state index in [1.807, 2.05) is 0 Å². The highest BCUT2D eigenvalue weighted by Gasteiger charge is 2.21. The topological polar surface area (TPSA) is 128 Å². The van der Waals surface area contributed by atoms with Gasteiger partial charge in [0.15, 0.2) is 0 Å². The smallest absolute Gasteiger partial charge is 0.280 e. The van der Waals surface area contributed by atoms with Crippen LogP contribution in [0.3, 0.4) is 0 Å². The Bertz CT molecular complexity index is 569. The van der Waals surface area contributed by atoms with Gasteiger partial charge in [0.05, 0.1) is 11.5 Å². The molecule has 94 valence electrons. The van der Waals surface area contributed by atoms with Crippen LogP contribution in [0.2, 0.25) is 0 Å². The highest BCUT2D eigenvalue weighted by molar-refractivity contribution is 5.67. The third-order valence-electron chi connectivity index (χ3n) is 2.30. The van der Waals surface area contributed by atoms with Crippen molar-refractivity contribution in [2.45, 2.75) is 6.04 Å². The lowest BCUT2D eigenvalue weighted by Crippen LogP contribution is -2.14. The maximum atomic E-state index is 10.8. The molecule has 18 heavy (non-hydrogen) atoms. The zero-order valence-corrected chi connectivity index (χ0v) is 9.18. The lowest BCUT2D eigenvalue weighted by molar-refractivity contribution is -0.384. The SMILES string of the molecule is N[C@@H](CO)c1nc(-c2ccccc2[N+](=O)[O-])no1. The molecule has 1 heterocycles. The molecule has 8 heteroatoms. The number of nitrogens with two attached hydrogens (primary N) is 1. The van der Waals surface area contributed by atoms with Crippen LogP contribution < -0.4 is 5.73 Å². The number of para-hydroxylation sites is 1. The number of hydrogen-bond acceptors (Lipinski definition) is 7. The van der Waals surface area contributed by atoms with Crippen LogP contribution >= 0.6 is 0 Å². The molecule has 8 nitrogen and oxygen atoms in total. The molecule has 2 aromatic rings. The molecule has 0 saturated heterocycles. The monoisotopic (exact) mass is 250 g/mol. The number of aromatic nitrogens is 2. The van der Waals surface area contributed by atoms with Crippen LogP contribution in [-0.2, 0) is 0 Å². The number of nitrogens with zero attached hydrogens (tertiary/aromatic N) is 3. The molecule has 0 bridgehead atoms. The maximum absolute atomic E-state index is 10.8. The number of benzene rings is 1. The van der Waals surface area contributed by atoms with Gasteiger partial charge in [-0.2, -0.15) is 4.98 Å². The molecule has 0 saturated carbocycles. The Balaban J connectivity index is 2.43. The lowest BCUT2D eigenvalue weighted by atomic mass is 10.2. The zero-order valence-electron chi connectivity index (χ0n) is 9.18. The Morgan fingerprint density at radius 3 is 2.89 bits per heavy atom. The standard InChI is InChI=1S/C10H10N4O4/c11-7(5-15)10-12-9(13-18-10)6-3-1-2-4-8(6)14(16)17/h1-4,7,15H,5,11H2/t7-/m0/s1. The molecule has 3 N–H and O–H groups in total. The van der Waals surface area contributed by atoms with Gasteiger partial charge in [-0.3, -0.25) is 10.1 Å². The summed E-state index contributed by atoms with van der Waals surface area (Å²) in [4.78, 5) is 14.2. The molecule has 0 unspecified atom stereocenters. The predicted molar refractivity (Wildman–Crippen MR) is 60.4 cm³/mol. The van der Waals surface area contributed by atoms with Crippen molar-refractivity contribution >= 4 is 5.69 Å². The van der Waals surface area contributed by atoms with Gasteiger partial charge in [0.1, 0.15) is 11.6 Å². The Kier molecular flexibility index (Phi) is 3.31. The van der Waals surface area contributed by atoms with Gasteiger partial charge in [-0.25, -0.2) is 0 Å². The van der Waals surface area contributed by atoms with Crippen LogP contribution in [0.1, 0.15) is 11.9 Å². The highest BCUT2D eigenvalue weighted by Crippen LogP contribution is 2.27. The lowest BCUT2D eigenvalue weighted by Gasteiger charge is -1.99. The minimum atomic E-state index is -0.797. The summed E-state index contributed by atoms with van der Waals surface area (Å²) in [7, 11) is 0. The van der Waals surface area contributed by atoms with Crippen molar-refractivity contribution < 1.29 is 14.6 Å². The van der Waals surface area contributed by atoms with E-state index in [9.17, 15) is 10.1 Å². The molecule has 1 aromatic heterocycles. The molecular weight excluding hydrogens is 240 g/mol. The van der Waals surface area contributed by atoms with Crippen LogP contribution in [0.25, 0.3) is 11.4 Å². The van der Waals surface area contributed by atoms with Crippen molar-refractivity contribution in [2.75, 3.05) is 6.61 Å². The summed E-state index contributed by atoms with van der Waals surface area (Å²) in [6.45, 7) is -0.349. The van der Waals surface area contributed by atoms with E-state index in [0.717, 1.165) is 0 Å². The number of aliphatic hydroxyl groups is 1. The predicted octanol–water partition coefficient (Wildman–Crippen LogP) is 0.637. The van der Waals surface area contributed by atoms with Gasteiger partial charge >= 0.3 is 0 Å². The molecule has 1 atom stereocenters. The Labute approximate surface area is 101 Å². The molecule has 0 amide bonds. The Morgan fingerprint density at radius 1 is 1.50 bits per heavy atom. The molecule has 0 aliphatic heterocycles. The quantitative estimate of drug-likeness (QED) is 0.601. The van der Waals surface area contributed by atoms with Gasteiger partial charge in [-0.15, -0.1) is 0 Å². The van der Waals surface area contributed by atoms with E-state index in [4.69, 9.17) is 15.4 Å². The summed E-state index contributed by atoms with van der Waals surface area (Å²) in [6.07, 6.45) is 0. The van der Waals surface area contributed by atoms with Crippen LogP contribution in [0.15, 0.2) is 28.8 Å². The van der Waals surface area contributed by atoms with E-state index in [1.165, 1.54) is 12.1 Å². The molecule has 0 spiro atoms. The van der Waals surface area contributed by atoms with Gasteiger partial charge in [0.25, 0.3) is 5.69 Å². The van der Waals surface area contributed by atoms with E-state index < -0.39 is 11.0 Å². The van der Waals surface area contributed by atoms with Gasteiger partial charge in [0, 0.05) is 6.07 Å².